The number of hydrogen-bond acceptors (Lipinski definition) is 6. The van der Waals surface area contributed by atoms with Crippen LogP contribution in [0.25, 0.3) is 0 Å². The number of nitrogens with zero attached hydrogens (tertiary/aromatic N) is 2. The SMILES string of the molecule is COc1ccc(C(=O)/N=c2/scc(C(=O)Nc3ccc(Cl)cc3)n2CCCN)c(OC)c1. The third-order valence-electron chi connectivity index (χ3n) is 4.55. The molecule has 0 atom stereocenters. The van der Waals surface area contributed by atoms with Crippen molar-refractivity contribution in [2.24, 2.45) is 10.7 Å². The number of ether oxygens (including phenoxy) is 2. The van der Waals surface area contributed by atoms with Crippen LogP contribution in [0.2, 0.25) is 5.02 Å². The van der Waals surface area contributed by atoms with Crippen LogP contribution < -0.4 is 25.3 Å². The van der Waals surface area contributed by atoms with Gasteiger partial charge in [0.15, 0.2) is 4.80 Å². The lowest BCUT2D eigenvalue weighted by atomic mass is 10.2. The van der Waals surface area contributed by atoms with E-state index in [-0.39, 0.29) is 5.91 Å². The van der Waals surface area contributed by atoms with Gasteiger partial charge in [-0.1, -0.05) is 11.6 Å². The van der Waals surface area contributed by atoms with Crippen LogP contribution in [0.15, 0.2) is 52.8 Å². The van der Waals surface area contributed by atoms with E-state index in [0.29, 0.717) is 57.8 Å². The van der Waals surface area contributed by atoms with E-state index < -0.39 is 5.91 Å². The van der Waals surface area contributed by atoms with Crippen molar-refractivity contribution in [3.8, 4) is 11.5 Å². The number of thiazole rings is 1. The van der Waals surface area contributed by atoms with Crippen molar-refractivity contribution >= 4 is 40.4 Å². The summed E-state index contributed by atoms with van der Waals surface area (Å²) in [7, 11) is 3.00. The predicted molar refractivity (Wildman–Crippen MR) is 125 cm³/mol. The van der Waals surface area contributed by atoms with Gasteiger partial charge in [-0.2, -0.15) is 4.99 Å². The summed E-state index contributed by atoms with van der Waals surface area (Å²) >= 11 is 7.10. The van der Waals surface area contributed by atoms with Gasteiger partial charge in [0.05, 0.1) is 19.8 Å². The first-order chi connectivity index (χ1) is 15.5. The van der Waals surface area contributed by atoms with Crippen LogP contribution in [-0.4, -0.2) is 37.1 Å². The molecule has 0 fully saturated rings. The summed E-state index contributed by atoms with van der Waals surface area (Å²) in [4.78, 5) is 30.4. The molecule has 0 saturated carbocycles. The van der Waals surface area contributed by atoms with Crippen LogP contribution in [-0.2, 0) is 6.54 Å². The molecule has 168 valence electrons. The molecular weight excluding hydrogens is 452 g/mol. The molecule has 0 saturated heterocycles. The average Bonchev–Trinajstić information content (AvgIpc) is 3.20. The maximum atomic E-state index is 12.9. The summed E-state index contributed by atoms with van der Waals surface area (Å²) in [6.07, 6.45) is 0.616. The molecular formula is C22H23ClN4O4S. The minimum atomic E-state index is -0.488. The van der Waals surface area contributed by atoms with E-state index in [1.54, 1.807) is 52.4 Å². The van der Waals surface area contributed by atoms with E-state index in [4.69, 9.17) is 26.8 Å². The number of hydrogen-bond donors (Lipinski definition) is 2. The number of carbonyl (C=O) groups is 2. The summed E-state index contributed by atoms with van der Waals surface area (Å²) < 4.78 is 12.2. The van der Waals surface area contributed by atoms with E-state index >= 15 is 0 Å². The number of nitrogens with two attached hydrogens (primary N) is 1. The molecule has 0 spiro atoms. The number of rotatable bonds is 8. The normalized spacial score (nSPS) is 11.3. The second-order valence-corrected chi connectivity index (χ2v) is 7.91. The van der Waals surface area contributed by atoms with Crippen LogP contribution in [0.4, 0.5) is 5.69 Å². The topological polar surface area (TPSA) is 108 Å². The summed E-state index contributed by atoms with van der Waals surface area (Å²) in [5, 5.41) is 5.07. The predicted octanol–water partition coefficient (Wildman–Crippen LogP) is 3.56. The molecule has 2 amide bonds. The fraction of sp³-hybridized carbons (Fsp3) is 0.227. The molecule has 10 heteroatoms. The second-order valence-electron chi connectivity index (χ2n) is 6.64. The van der Waals surface area contributed by atoms with Crippen LogP contribution in [0.3, 0.4) is 0 Å². The van der Waals surface area contributed by atoms with Crippen molar-refractivity contribution in [3.05, 3.63) is 68.9 Å². The van der Waals surface area contributed by atoms with Crippen molar-refractivity contribution in [3.63, 3.8) is 0 Å². The Bertz CT molecular complexity index is 1170. The largest absolute Gasteiger partial charge is 0.497 e. The zero-order valence-corrected chi connectivity index (χ0v) is 19.2. The molecule has 1 aromatic heterocycles. The lowest BCUT2D eigenvalue weighted by Gasteiger charge is -2.10. The summed E-state index contributed by atoms with van der Waals surface area (Å²) in [5.41, 5.74) is 6.94. The fourth-order valence-electron chi connectivity index (χ4n) is 2.92. The number of amides is 2. The van der Waals surface area contributed by atoms with Gasteiger partial charge < -0.3 is 25.1 Å². The molecule has 0 bridgehead atoms. The van der Waals surface area contributed by atoms with Gasteiger partial charge in [-0.15, -0.1) is 11.3 Å². The summed E-state index contributed by atoms with van der Waals surface area (Å²) in [6, 6.07) is 11.7. The van der Waals surface area contributed by atoms with E-state index in [9.17, 15) is 9.59 Å². The number of anilines is 1. The molecule has 0 aliphatic carbocycles. The highest BCUT2D eigenvalue weighted by Gasteiger charge is 2.17. The van der Waals surface area contributed by atoms with Gasteiger partial charge in [0.1, 0.15) is 17.2 Å². The van der Waals surface area contributed by atoms with Gasteiger partial charge in [-0.25, -0.2) is 0 Å². The van der Waals surface area contributed by atoms with Crippen molar-refractivity contribution in [2.45, 2.75) is 13.0 Å². The summed E-state index contributed by atoms with van der Waals surface area (Å²) in [5.74, 6) is 0.103. The average molecular weight is 475 g/mol. The molecule has 3 N–H and O–H groups in total. The number of nitrogens with one attached hydrogen (secondary N) is 1. The number of methoxy groups -OCH3 is 2. The smallest absolute Gasteiger partial charge is 0.283 e. The number of aromatic nitrogens is 1. The maximum absolute atomic E-state index is 12.9. The van der Waals surface area contributed by atoms with Crippen LogP contribution >= 0.6 is 22.9 Å². The van der Waals surface area contributed by atoms with Crippen LogP contribution in [0.5, 0.6) is 11.5 Å². The fourth-order valence-corrected chi connectivity index (χ4v) is 3.95. The minimum absolute atomic E-state index is 0.291. The molecule has 3 rings (SSSR count). The Hall–Kier alpha value is -3.14. The Balaban J connectivity index is 1.95. The van der Waals surface area contributed by atoms with Gasteiger partial charge in [0, 0.05) is 28.7 Å². The number of halogens is 1. The zero-order valence-electron chi connectivity index (χ0n) is 17.6. The van der Waals surface area contributed by atoms with Gasteiger partial charge in [0.25, 0.3) is 11.8 Å². The molecule has 0 radical (unpaired) electrons. The third kappa shape index (κ3) is 5.56. The zero-order chi connectivity index (χ0) is 23.1. The van der Waals surface area contributed by atoms with Crippen molar-refractivity contribution in [2.75, 3.05) is 26.1 Å². The minimum Gasteiger partial charge on any atom is -0.497 e. The first-order valence-corrected chi connectivity index (χ1v) is 11.0. The van der Waals surface area contributed by atoms with Crippen molar-refractivity contribution in [1.82, 2.24) is 4.57 Å². The summed E-state index contributed by atoms with van der Waals surface area (Å²) in [6.45, 7) is 0.871. The van der Waals surface area contributed by atoms with Gasteiger partial charge >= 0.3 is 0 Å². The first-order valence-electron chi connectivity index (χ1n) is 9.73. The van der Waals surface area contributed by atoms with Crippen molar-refractivity contribution in [1.29, 1.82) is 0 Å². The maximum Gasteiger partial charge on any atom is 0.283 e. The molecule has 3 aromatic rings. The van der Waals surface area contributed by atoms with E-state index in [1.165, 1.54) is 25.6 Å². The van der Waals surface area contributed by atoms with Crippen LogP contribution in [0, 0.1) is 0 Å². The van der Waals surface area contributed by atoms with Crippen molar-refractivity contribution < 1.29 is 19.1 Å². The number of benzene rings is 2. The molecule has 1 heterocycles. The Morgan fingerprint density at radius 1 is 1.16 bits per heavy atom. The highest BCUT2D eigenvalue weighted by atomic mass is 35.5. The first kappa shape index (κ1) is 23.5. The Kier molecular flexibility index (Phi) is 8.04. The highest BCUT2D eigenvalue weighted by molar-refractivity contribution is 7.07. The van der Waals surface area contributed by atoms with E-state index in [2.05, 4.69) is 10.3 Å². The lowest BCUT2D eigenvalue weighted by Crippen LogP contribution is -2.25. The van der Waals surface area contributed by atoms with Gasteiger partial charge in [0.2, 0.25) is 0 Å². The molecule has 0 aliphatic rings. The standard InChI is InChI=1S/C22H23ClN4O4S/c1-30-16-8-9-17(19(12-16)31-2)20(28)26-22-27(11-3-10-24)18(13-32-22)21(29)25-15-6-4-14(23)5-7-15/h4-9,12-13H,3,10-11,24H2,1-2H3,(H,25,29)/b26-22+. The molecule has 32 heavy (non-hydrogen) atoms. The molecule has 0 unspecified atom stereocenters. The van der Waals surface area contributed by atoms with Crippen LogP contribution in [0.1, 0.15) is 27.3 Å². The monoisotopic (exact) mass is 474 g/mol. The highest BCUT2D eigenvalue weighted by Crippen LogP contribution is 2.25. The quantitative estimate of drug-likeness (QED) is 0.519. The molecule has 2 aromatic carbocycles. The molecule has 8 nitrogen and oxygen atoms in total. The lowest BCUT2D eigenvalue weighted by molar-refractivity contribution is 0.0987. The Morgan fingerprint density at radius 3 is 2.56 bits per heavy atom. The van der Waals surface area contributed by atoms with E-state index in [1.807, 2.05) is 0 Å². The van der Waals surface area contributed by atoms with E-state index in [0.717, 1.165) is 0 Å². The third-order valence-corrected chi connectivity index (χ3v) is 5.67. The number of carbonyl (C=O) groups excluding carboxylic acids is 2. The van der Waals surface area contributed by atoms with Gasteiger partial charge in [-0.3, -0.25) is 9.59 Å². The Labute approximate surface area is 194 Å². The second kappa shape index (κ2) is 10.9. The Morgan fingerprint density at radius 2 is 1.91 bits per heavy atom. The molecule has 0 aliphatic heterocycles. The van der Waals surface area contributed by atoms with Gasteiger partial charge in [-0.05, 0) is 49.4 Å².